The summed E-state index contributed by atoms with van der Waals surface area (Å²) in [4.78, 5) is 0. The van der Waals surface area contributed by atoms with Crippen LogP contribution in [0.1, 0.15) is 12.8 Å². The summed E-state index contributed by atoms with van der Waals surface area (Å²) in [6.07, 6.45) is 1.68. The van der Waals surface area contributed by atoms with Gasteiger partial charge in [0, 0.05) is 34.3 Å². The van der Waals surface area contributed by atoms with Gasteiger partial charge in [-0.3, -0.25) is 0 Å². The minimum absolute atomic E-state index is 0. The standard InChI is InChI=1S/C4H9O.Hg/c1-2-3-4-5;/h5H,1-4H2;. The van der Waals surface area contributed by atoms with Crippen LogP contribution in [0.5, 0.6) is 0 Å². The summed E-state index contributed by atoms with van der Waals surface area (Å²) >= 11 is 0. The summed E-state index contributed by atoms with van der Waals surface area (Å²) in [5.41, 5.74) is 0. The van der Waals surface area contributed by atoms with E-state index in [0.717, 1.165) is 12.8 Å². The summed E-state index contributed by atoms with van der Waals surface area (Å²) in [6, 6.07) is 0. The SMILES string of the molecule is [CH2]CCCO.[Hg]. The molecule has 0 aliphatic heterocycles. The van der Waals surface area contributed by atoms with Crippen molar-refractivity contribution in [2.24, 2.45) is 0 Å². The van der Waals surface area contributed by atoms with Crippen LogP contribution in [-0.2, 0) is 27.7 Å². The number of hydrogen-bond donors (Lipinski definition) is 1. The van der Waals surface area contributed by atoms with Crippen LogP contribution in [0.15, 0.2) is 0 Å². The molecule has 0 unspecified atom stereocenters. The minimum atomic E-state index is 0. The summed E-state index contributed by atoms with van der Waals surface area (Å²) in [5.74, 6) is 0. The molecule has 0 aliphatic rings. The molecule has 0 heterocycles. The molecule has 0 saturated carbocycles. The fourth-order valence-corrected chi connectivity index (χ4v) is 0.112. The van der Waals surface area contributed by atoms with Gasteiger partial charge in [0.2, 0.25) is 0 Å². The molecule has 6 heavy (non-hydrogen) atoms. The van der Waals surface area contributed by atoms with Crippen LogP contribution < -0.4 is 0 Å². The quantitative estimate of drug-likeness (QED) is 0.730. The van der Waals surface area contributed by atoms with Gasteiger partial charge in [-0.1, -0.05) is 13.3 Å². The van der Waals surface area contributed by atoms with E-state index in [9.17, 15) is 0 Å². The Morgan fingerprint density at radius 3 is 2.00 bits per heavy atom. The molecule has 0 fully saturated rings. The number of rotatable bonds is 2. The largest absolute Gasteiger partial charge is 0.396 e. The van der Waals surface area contributed by atoms with Gasteiger partial charge >= 0.3 is 0 Å². The molecule has 0 saturated heterocycles. The van der Waals surface area contributed by atoms with E-state index in [-0.39, 0.29) is 34.3 Å². The molecule has 0 spiro atoms. The average Bonchev–Trinajstić information content (AvgIpc) is 1.41. The van der Waals surface area contributed by atoms with Crippen LogP contribution in [0.2, 0.25) is 0 Å². The molecule has 1 nitrogen and oxygen atoms in total. The normalized spacial score (nSPS) is 7.00. The van der Waals surface area contributed by atoms with Crippen molar-refractivity contribution in [3.63, 3.8) is 0 Å². The van der Waals surface area contributed by atoms with Gasteiger partial charge < -0.3 is 5.11 Å². The third-order valence-electron chi connectivity index (χ3n) is 0.408. The molecule has 0 bridgehead atoms. The Balaban J connectivity index is 0. The van der Waals surface area contributed by atoms with Gasteiger partial charge in [0.25, 0.3) is 0 Å². The van der Waals surface area contributed by atoms with Crippen LogP contribution in [0, 0.1) is 6.92 Å². The van der Waals surface area contributed by atoms with Gasteiger partial charge in [-0.2, -0.15) is 0 Å². The second-order valence-electron chi connectivity index (χ2n) is 0.931. The monoisotopic (exact) mass is 275 g/mol. The second kappa shape index (κ2) is 9.31. The van der Waals surface area contributed by atoms with Gasteiger partial charge in [0.05, 0.1) is 0 Å². The first-order chi connectivity index (χ1) is 2.41. The van der Waals surface area contributed by atoms with Crippen molar-refractivity contribution in [1.82, 2.24) is 0 Å². The maximum Gasteiger partial charge on any atom is 0.0431 e. The van der Waals surface area contributed by atoms with Gasteiger partial charge in [-0.15, -0.1) is 0 Å². The van der Waals surface area contributed by atoms with Crippen molar-refractivity contribution >= 4 is 0 Å². The topological polar surface area (TPSA) is 20.2 Å². The molecule has 2 heteroatoms. The maximum absolute atomic E-state index is 8.03. The van der Waals surface area contributed by atoms with Crippen LogP contribution >= 0.6 is 0 Å². The zero-order valence-corrected chi connectivity index (χ0v) is 9.48. The Bertz CT molecular complexity index is 15.0. The molecule has 0 aliphatic carbocycles. The predicted molar refractivity (Wildman–Crippen MR) is 21.7 cm³/mol. The van der Waals surface area contributed by atoms with Crippen LogP contribution in [0.4, 0.5) is 0 Å². The van der Waals surface area contributed by atoms with Gasteiger partial charge in [-0.25, -0.2) is 0 Å². The Morgan fingerprint density at radius 1 is 1.50 bits per heavy atom. The number of unbranched alkanes of at least 4 members (excludes halogenated alkanes) is 1. The summed E-state index contributed by atoms with van der Waals surface area (Å²) in [5, 5.41) is 8.03. The predicted octanol–water partition coefficient (Wildman–Crippen LogP) is 0.590. The van der Waals surface area contributed by atoms with E-state index in [0.29, 0.717) is 0 Å². The van der Waals surface area contributed by atoms with E-state index in [2.05, 4.69) is 6.92 Å². The van der Waals surface area contributed by atoms with E-state index >= 15 is 0 Å². The van der Waals surface area contributed by atoms with Crippen LogP contribution in [0.25, 0.3) is 0 Å². The van der Waals surface area contributed by atoms with Gasteiger partial charge in [-0.05, 0) is 6.42 Å². The molecule has 0 aromatic carbocycles. The zero-order valence-electron chi connectivity index (χ0n) is 3.98. The molecule has 1 N–H and O–H groups in total. The van der Waals surface area contributed by atoms with Crippen LogP contribution in [-0.4, -0.2) is 11.7 Å². The average molecular weight is 274 g/mol. The van der Waals surface area contributed by atoms with Crippen LogP contribution in [0.3, 0.4) is 0 Å². The van der Waals surface area contributed by atoms with E-state index in [1.54, 1.807) is 0 Å². The second-order valence-corrected chi connectivity index (χ2v) is 0.931. The number of aliphatic hydroxyl groups is 1. The number of hydrogen-bond acceptors (Lipinski definition) is 1. The smallest absolute Gasteiger partial charge is 0.0431 e. The molecular formula is C4H9HgO. The first-order valence-corrected chi connectivity index (χ1v) is 1.82. The molecule has 0 rings (SSSR count). The Kier molecular flexibility index (Phi) is 15.5. The summed E-state index contributed by atoms with van der Waals surface area (Å²) in [7, 11) is 0. The molecule has 0 aromatic rings. The fourth-order valence-electron chi connectivity index (χ4n) is 0.112. The molecule has 0 amide bonds. The van der Waals surface area contributed by atoms with Gasteiger partial charge in [0.15, 0.2) is 0 Å². The maximum atomic E-state index is 8.03. The summed E-state index contributed by atoms with van der Waals surface area (Å²) < 4.78 is 0. The Hall–Kier alpha value is 0.895. The van der Waals surface area contributed by atoms with E-state index in [1.807, 2.05) is 0 Å². The third kappa shape index (κ3) is 8.86. The Morgan fingerprint density at radius 2 is 2.00 bits per heavy atom. The van der Waals surface area contributed by atoms with Crippen molar-refractivity contribution in [1.29, 1.82) is 0 Å². The molecule has 1 radical (unpaired) electrons. The van der Waals surface area contributed by atoms with E-state index in [4.69, 9.17) is 5.11 Å². The molecular weight excluding hydrogens is 265 g/mol. The van der Waals surface area contributed by atoms with Crippen molar-refractivity contribution in [2.45, 2.75) is 12.8 Å². The molecule has 0 aromatic heterocycles. The molecule has 0 atom stereocenters. The van der Waals surface area contributed by atoms with Gasteiger partial charge in [0.1, 0.15) is 0 Å². The molecule has 33 valence electrons. The van der Waals surface area contributed by atoms with E-state index in [1.165, 1.54) is 0 Å². The van der Waals surface area contributed by atoms with Crippen molar-refractivity contribution in [3.05, 3.63) is 6.92 Å². The number of aliphatic hydroxyl groups excluding tert-OH is 1. The third-order valence-corrected chi connectivity index (χ3v) is 0.408. The zero-order chi connectivity index (χ0) is 4.12. The first kappa shape index (κ1) is 10.00. The van der Waals surface area contributed by atoms with Crippen molar-refractivity contribution in [3.8, 4) is 0 Å². The van der Waals surface area contributed by atoms with Crippen molar-refractivity contribution < 1.29 is 32.8 Å². The Labute approximate surface area is 59.3 Å². The van der Waals surface area contributed by atoms with Crippen molar-refractivity contribution in [2.75, 3.05) is 6.61 Å². The first-order valence-electron chi connectivity index (χ1n) is 1.82. The summed E-state index contributed by atoms with van der Waals surface area (Å²) in [6.45, 7) is 3.80. The fraction of sp³-hybridized carbons (Fsp3) is 0.750. The van der Waals surface area contributed by atoms with E-state index < -0.39 is 0 Å². The minimum Gasteiger partial charge on any atom is -0.396 e.